The molecule has 3 heteroatoms. The smallest absolute Gasteiger partial charge is 0.132 e. The van der Waals surface area contributed by atoms with E-state index in [1.807, 2.05) is 0 Å². The van der Waals surface area contributed by atoms with Gasteiger partial charge in [-0.3, -0.25) is 0 Å². The fourth-order valence-corrected chi connectivity index (χ4v) is 1.82. The van der Waals surface area contributed by atoms with Crippen molar-refractivity contribution >= 4 is 7.28 Å². The minimum atomic E-state index is 0.749. The van der Waals surface area contributed by atoms with Crippen LogP contribution in [0.15, 0.2) is 0 Å². The van der Waals surface area contributed by atoms with Crippen LogP contribution in [0.3, 0.4) is 0 Å². The summed E-state index contributed by atoms with van der Waals surface area (Å²) in [5.41, 5.74) is 5.37. The summed E-state index contributed by atoms with van der Waals surface area (Å²) < 4.78 is 0. The molecular weight excluding hydrogens is 147 g/mol. The summed E-state index contributed by atoms with van der Waals surface area (Å²) in [7, 11) is 2.43. The van der Waals surface area contributed by atoms with E-state index >= 15 is 0 Å². The molecule has 1 rings (SSSR count). The van der Waals surface area contributed by atoms with Gasteiger partial charge in [0.15, 0.2) is 0 Å². The van der Waals surface area contributed by atoms with Crippen molar-refractivity contribution < 1.29 is 0 Å². The Hall–Kier alpha value is -0.0151. The first-order chi connectivity index (χ1) is 5.93. The molecule has 0 aromatic carbocycles. The first-order valence-corrected chi connectivity index (χ1v) is 5.17. The zero-order valence-electron chi connectivity index (χ0n) is 7.89. The van der Waals surface area contributed by atoms with E-state index in [4.69, 9.17) is 5.73 Å². The fourth-order valence-electron chi connectivity index (χ4n) is 1.82. The zero-order chi connectivity index (χ0) is 8.65. The average molecular weight is 167 g/mol. The van der Waals surface area contributed by atoms with Gasteiger partial charge in [0.2, 0.25) is 0 Å². The highest BCUT2D eigenvalue weighted by Gasteiger charge is 2.13. The molecule has 2 nitrogen and oxygen atoms in total. The normalized spacial score (nSPS) is 19.4. The van der Waals surface area contributed by atoms with Crippen LogP contribution < -0.4 is 11.1 Å². The van der Waals surface area contributed by atoms with E-state index < -0.39 is 0 Å². The third-order valence-corrected chi connectivity index (χ3v) is 2.57. The second-order valence-corrected chi connectivity index (χ2v) is 3.63. The van der Waals surface area contributed by atoms with E-state index in [1.165, 1.54) is 32.1 Å². The Labute approximate surface area is 76.5 Å². The molecule has 3 N–H and O–H groups in total. The molecule has 0 spiro atoms. The molecule has 1 fully saturated rings. The quantitative estimate of drug-likeness (QED) is 0.472. The predicted molar refractivity (Wildman–Crippen MR) is 54.5 cm³/mol. The van der Waals surface area contributed by atoms with Gasteiger partial charge in [-0.2, -0.15) is 0 Å². The Bertz CT molecular complexity index is 103. The summed E-state index contributed by atoms with van der Waals surface area (Å²) in [5, 5.41) is 3.30. The van der Waals surface area contributed by atoms with Crippen LogP contribution in [0.2, 0.25) is 5.82 Å². The molecule has 12 heavy (non-hydrogen) atoms. The summed E-state index contributed by atoms with van der Waals surface area (Å²) in [6.45, 7) is 1.70. The van der Waals surface area contributed by atoms with Gasteiger partial charge in [0.25, 0.3) is 0 Å². The number of hydrogen-bond acceptors (Lipinski definition) is 2. The van der Waals surface area contributed by atoms with E-state index in [2.05, 4.69) is 12.6 Å². The van der Waals surface area contributed by atoms with Gasteiger partial charge < -0.3 is 11.1 Å². The lowest BCUT2D eigenvalue weighted by molar-refractivity contribution is 0.499. The van der Waals surface area contributed by atoms with Crippen LogP contribution in [0.1, 0.15) is 32.1 Å². The lowest BCUT2D eigenvalue weighted by Gasteiger charge is -2.20. The lowest BCUT2D eigenvalue weighted by atomic mass is 9.59. The van der Waals surface area contributed by atoms with Gasteiger partial charge in [0.1, 0.15) is 7.28 Å². The van der Waals surface area contributed by atoms with Gasteiger partial charge in [-0.25, -0.2) is 0 Å². The molecule has 0 saturated heterocycles. The maximum absolute atomic E-state index is 5.37. The minimum absolute atomic E-state index is 0.749. The Morgan fingerprint density at radius 1 is 1.25 bits per heavy atom. The molecule has 0 atom stereocenters. The van der Waals surface area contributed by atoms with E-state index in [0.29, 0.717) is 0 Å². The third-order valence-electron chi connectivity index (χ3n) is 2.57. The number of rotatable bonds is 5. The van der Waals surface area contributed by atoms with Crippen LogP contribution in [0, 0.1) is 0 Å². The molecule has 1 saturated carbocycles. The van der Waals surface area contributed by atoms with Crippen molar-refractivity contribution in [2.45, 2.75) is 37.9 Å². The van der Waals surface area contributed by atoms with Gasteiger partial charge in [-0.05, 0) is 6.44 Å². The van der Waals surface area contributed by atoms with Crippen LogP contribution in [0.25, 0.3) is 0 Å². The van der Waals surface area contributed by atoms with Crippen molar-refractivity contribution in [3.05, 3.63) is 0 Å². The van der Waals surface area contributed by atoms with Crippen LogP contribution in [-0.2, 0) is 0 Å². The van der Waals surface area contributed by atoms with Gasteiger partial charge in [0.05, 0.1) is 0 Å². The molecule has 0 bridgehead atoms. The average Bonchev–Trinajstić information content (AvgIpc) is 2.14. The predicted octanol–water partition coefficient (Wildman–Crippen LogP) is 0.949. The summed E-state index contributed by atoms with van der Waals surface area (Å²) in [6.07, 6.45) is 8.16. The number of nitrogens with one attached hydrogen (secondary N) is 1. The maximum Gasteiger partial charge on any atom is 0.132 e. The highest BCUT2D eigenvalue weighted by molar-refractivity contribution is 6.37. The third kappa shape index (κ3) is 4.12. The minimum Gasteiger partial charge on any atom is -0.329 e. The van der Waals surface area contributed by atoms with E-state index in [1.54, 1.807) is 0 Å². The van der Waals surface area contributed by atoms with Crippen molar-refractivity contribution in [1.82, 2.24) is 5.32 Å². The molecule has 0 amide bonds. The highest BCUT2D eigenvalue weighted by atomic mass is 14.8. The molecule has 69 valence electrons. The van der Waals surface area contributed by atoms with E-state index in [9.17, 15) is 0 Å². The molecular formula is C9H20BN2. The van der Waals surface area contributed by atoms with Crippen molar-refractivity contribution in [1.29, 1.82) is 0 Å². The second kappa shape index (κ2) is 6.50. The van der Waals surface area contributed by atoms with Crippen molar-refractivity contribution in [2.24, 2.45) is 5.73 Å². The lowest BCUT2D eigenvalue weighted by Crippen LogP contribution is -2.28. The monoisotopic (exact) mass is 167 g/mol. The Morgan fingerprint density at radius 2 is 2.00 bits per heavy atom. The van der Waals surface area contributed by atoms with Crippen molar-refractivity contribution in [3.63, 3.8) is 0 Å². The molecule has 0 aliphatic heterocycles. The summed E-state index contributed by atoms with van der Waals surface area (Å²) >= 11 is 0. The Balaban J connectivity index is 1.91. The molecule has 0 aromatic rings. The Morgan fingerprint density at radius 3 is 2.67 bits per heavy atom. The van der Waals surface area contributed by atoms with Crippen LogP contribution in [-0.4, -0.2) is 26.8 Å². The molecule has 1 aliphatic rings. The van der Waals surface area contributed by atoms with Crippen LogP contribution >= 0.6 is 0 Å². The van der Waals surface area contributed by atoms with Gasteiger partial charge in [-0.1, -0.05) is 37.9 Å². The largest absolute Gasteiger partial charge is 0.329 e. The van der Waals surface area contributed by atoms with Crippen molar-refractivity contribution in [2.75, 3.05) is 19.5 Å². The number of nitrogens with two attached hydrogens (primary N) is 1. The highest BCUT2D eigenvalue weighted by Crippen LogP contribution is 2.27. The SMILES string of the molecule is NCCNC[B]C1CCCCC1. The van der Waals surface area contributed by atoms with Crippen LogP contribution in [0.5, 0.6) is 0 Å². The van der Waals surface area contributed by atoms with E-state index in [-0.39, 0.29) is 0 Å². The molecule has 0 heterocycles. The molecule has 1 aliphatic carbocycles. The van der Waals surface area contributed by atoms with Crippen LogP contribution in [0.4, 0.5) is 0 Å². The number of hydrogen-bond donors (Lipinski definition) is 2. The van der Waals surface area contributed by atoms with Gasteiger partial charge in [0, 0.05) is 13.1 Å². The van der Waals surface area contributed by atoms with Gasteiger partial charge in [-0.15, -0.1) is 0 Å². The molecule has 0 aromatic heterocycles. The Kier molecular flexibility index (Phi) is 5.45. The second-order valence-electron chi connectivity index (χ2n) is 3.63. The zero-order valence-corrected chi connectivity index (χ0v) is 7.89. The molecule has 1 radical (unpaired) electrons. The van der Waals surface area contributed by atoms with Gasteiger partial charge >= 0.3 is 0 Å². The molecule has 0 unspecified atom stereocenters. The maximum atomic E-state index is 5.37. The summed E-state index contributed by atoms with van der Waals surface area (Å²) in [4.78, 5) is 0. The summed E-state index contributed by atoms with van der Waals surface area (Å²) in [5.74, 6) is 0.879. The van der Waals surface area contributed by atoms with E-state index in [0.717, 1.165) is 25.4 Å². The topological polar surface area (TPSA) is 38.0 Å². The first-order valence-electron chi connectivity index (χ1n) is 5.17. The van der Waals surface area contributed by atoms with Crippen molar-refractivity contribution in [3.8, 4) is 0 Å². The standard InChI is InChI=1S/C9H20BN2/c11-6-7-12-8-10-9-4-2-1-3-5-9/h9,12H,1-8,11H2. The summed E-state index contributed by atoms with van der Waals surface area (Å²) in [6, 6.07) is 0. The first kappa shape index (κ1) is 10.1. The fraction of sp³-hybridized carbons (Fsp3) is 1.00.